The molecule has 0 aromatic heterocycles. The van der Waals surface area contributed by atoms with Crippen molar-refractivity contribution in [2.45, 2.75) is 76.5 Å². The van der Waals surface area contributed by atoms with Crippen LogP contribution in [0, 0.1) is 5.92 Å². The number of hydrogen-bond acceptors (Lipinski definition) is 4. The van der Waals surface area contributed by atoms with Gasteiger partial charge in [0.15, 0.2) is 0 Å². The zero-order chi connectivity index (χ0) is 20.0. The number of benzene rings is 1. The second-order valence-corrected chi connectivity index (χ2v) is 10.7. The van der Waals surface area contributed by atoms with Crippen molar-refractivity contribution in [3.63, 3.8) is 0 Å². The van der Waals surface area contributed by atoms with Gasteiger partial charge in [0.1, 0.15) is 0 Å². The molecule has 0 radical (unpaired) electrons. The molecule has 0 spiro atoms. The third kappa shape index (κ3) is 5.86. The summed E-state index contributed by atoms with van der Waals surface area (Å²) in [5.41, 5.74) is 2.51. The van der Waals surface area contributed by atoms with Gasteiger partial charge < -0.3 is 10.2 Å². The monoisotopic (exact) mass is 407 g/mol. The number of piperidine rings is 1. The molecule has 3 rings (SSSR count). The normalized spacial score (nSPS) is 24.7. The minimum atomic E-state index is -3.17. The lowest BCUT2D eigenvalue weighted by Gasteiger charge is -2.30. The smallest absolute Gasteiger partial charge is 0.214 e. The number of sulfonamides is 1. The van der Waals surface area contributed by atoms with Crippen LogP contribution in [0.4, 0.5) is 11.4 Å². The van der Waals surface area contributed by atoms with E-state index in [1.165, 1.54) is 43.7 Å². The fourth-order valence-corrected chi connectivity index (χ4v) is 5.63. The van der Waals surface area contributed by atoms with Gasteiger partial charge in [0.2, 0.25) is 10.0 Å². The Morgan fingerprint density at radius 2 is 1.68 bits per heavy atom. The Labute approximate surface area is 171 Å². The van der Waals surface area contributed by atoms with E-state index in [4.69, 9.17) is 0 Å². The van der Waals surface area contributed by atoms with Crippen molar-refractivity contribution in [1.29, 1.82) is 0 Å². The largest absolute Gasteiger partial charge is 0.385 e. The molecular weight excluding hydrogens is 370 g/mol. The molecule has 2 fully saturated rings. The summed E-state index contributed by atoms with van der Waals surface area (Å²) in [4.78, 5) is 2.48. The van der Waals surface area contributed by atoms with E-state index in [1.54, 1.807) is 6.92 Å². The molecule has 1 atom stereocenters. The van der Waals surface area contributed by atoms with Crippen LogP contribution in [0.2, 0.25) is 0 Å². The molecule has 1 saturated heterocycles. The average molecular weight is 408 g/mol. The predicted molar refractivity (Wildman–Crippen MR) is 119 cm³/mol. The Kier molecular flexibility index (Phi) is 7.63. The van der Waals surface area contributed by atoms with Crippen LogP contribution in [-0.2, 0) is 10.0 Å². The van der Waals surface area contributed by atoms with Crippen LogP contribution < -0.4 is 14.9 Å². The van der Waals surface area contributed by atoms with Gasteiger partial charge >= 0.3 is 0 Å². The topological polar surface area (TPSA) is 61.4 Å². The first-order valence-electron chi connectivity index (χ1n) is 11.1. The molecule has 158 valence electrons. The van der Waals surface area contributed by atoms with Gasteiger partial charge in [-0.15, -0.1) is 0 Å². The third-order valence-electron chi connectivity index (χ3n) is 6.47. The lowest BCUT2D eigenvalue weighted by Crippen LogP contribution is -2.42. The van der Waals surface area contributed by atoms with Crippen LogP contribution in [0.3, 0.4) is 0 Å². The highest BCUT2D eigenvalue weighted by atomic mass is 32.2. The molecule has 2 aliphatic rings. The molecule has 2 N–H and O–H groups in total. The summed E-state index contributed by atoms with van der Waals surface area (Å²) in [5.74, 6) is 0.617. The van der Waals surface area contributed by atoms with E-state index in [1.807, 2.05) is 6.92 Å². The fourth-order valence-electron chi connectivity index (χ4n) is 4.26. The van der Waals surface area contributed by atoms with Gasteiger partial charge in [-0.1, -0.05) is 6.92 Å². The number of nitrogens with one attached hydrogen (secondary N) is 2. The molecule has 1 aromatic rings. The van der Waals surface area contributed by atoms with Gasteiger partial charge in [-0.2, -0.15) is 0 Å². The van der Waals surface area contributed by atoms with Gasteiger partial charge in [-0.25, -0.2) is 13.1 Å². The summed E-state index contributed by atoms with van der Waals surface area (Å²) in [5, 5.41) is 3.27. The summed E-state index contributed by atoms with van der Waals surface area (Å²) < 4.78 is 27.4. The van der Waals surface area contributed by atoms with E-state index in [-0.39, 0.29) is 11.3 Å². The van der Waals surface area contributed by atoms with Gasteiger partial charge in [0.05, 0.1) is 5.25 Å². The van der Waals surface area contributed by atoms with Crippen molar-refractivity contribution in [3.05, 3.63) is 24.3 Å². The minimum absolute atomic E-state index is 0.110. The third-order valence-corrected chi connectivity index (χ3v) is 8.52. The second kappa shape index (κ2) is 9.97. The molecule has 1 unspecified atom stereocenters. The first kappa shape index (κ1) is 21.4. The Bertz CT molecular complexity index is 691. The highest BCUT2D eigenvalue weighted by molar-refractivity contribution is 7.90. The zero-order valence-corrected chi connectivity index (χ0v) is 18.3. The van der Waals surface area contributed by atoms with Crippen LogP contribution in [0.25, 0.3) is 0 Å². The molecule has 1 aliphatic heterocycles. The zero-order valence-electron chi connectivity index (χ0n) is 17.5. The molecule has 1 aromatic carbocycles. The summed E-state index contributed by atoms with van der Waals surface area (Å²) >= 11 is 0. The van der Waals surface area contributed by atoms with E-state index >= 15 is 0 Å². The van der Waals surface area contributed by atoms with E-state index in [9.17, 15) is 8.42 Å². The highest BCUT2D eigenvalue weighted by Crippen LogP contribution is 2.27. The number of nitrogens with zero attached hydrogens (tertiary/aromatic N) is 1. The summed E-state index contributed by atoms with van der Waals surface area (Å²) in [6.07, 6.45) is 8.65. The fraction of sp³-hybridized carbons (Fsp3) is 0.727. The summed E-state index contributed by atoms with van der Waals surface area (Å²) in [6.45, 7) is 7.03. The van der Waals surface area contributed by atoms with E-state index in [2.05, 4.69) is 39.2 Å². The average Bonchev–Trinajstić information content (AvgIpc) is 2.73. The minimum Gasteiger partial charge on any atom is -0.385 e. The summed E-state index contributed by atoms with van der Waals surface area (Å²) in [7, 11) is -3.17. The van der Waals surface area contributed by atoms with Crippen molar-refractivity contribution in [3.8, 4) is 0 Å². The predicted octanol–water partition coefficient (Wildman–Crippen LogP) is 4.37. The van der Waals surface area contributed by atoms with E-state index in [0.717, 1.165) is 32.2 Å². The van der Waals surface area contributed by atoms with Crippen LogP contribution >= 0.6 is 0 Å². The van der Waals surface area contributed by atoms with Crippen molar-refractivity contribution in [2.24, 2.45) is 5.92 Å². The Morgan fingerprint density at radius 1 is 1.04 bits per heavy atom. The first-order chi connectivity index (χ1) is 13.5. The lowest BCUT2D eigenvalue weighted by molar-refractivity contribution is 0.323. The quantitative estimate of drug-likeness (QED) is 0.672. The Hall–Kier alpha value is -1.27. The van der Waals surface area contributed by atoms with Crippen LogP contribution in [0.1, 0.15) is 65.2 Å². The number of hydrogen-bond donors (Lipinski definition) is 2. The molecule has 0 amide bonds. The highest BCUT2D eigenvalue weighted by Gasteiger charge is 2.27. The van der Waals surface area contributed by atoms with Crippen LogP contribution in [-0.4, -0.2) is 39.3 Å². The maximum atomic E-state index is 12.2. The molecule has 1 saturated carbocycles. The van der Waals surface area contributed by atoms with Gasteiger partial charge in [0, 0.05) is 37.1 Å². The van der Waals surface area contributed by atoms with Crippen LogP contribution in [0.15, 0.2) is 24.3 Å². The maximum Gasteiger partial charge on any atom is 0.214 e. The maximum absolute atomic E-state index is 12.2. The second-order valence-electron chi connectivity index (χ2n) is 8.57. The van der Waals surface area contributed by atoms with E-state index in [0.29, 0.717) is 12.3 Å². The lowest BCUT2D eigenvalue weighted by atomic mass is 9.86. The molecule has 6 heteroatoms. The van der Waals surface area contributed by atoms with Crippen molar-refractivity contribution in [2.75, 3.05) is 29.9 Å². The van der Waals surface area contributed by atoms with E-state index < -0.39 is 10.0 Å². The molecule has 28 heavy (non-hydrogen) atoms. The summed E-state index contributed by atoms with van der Waals surface area (Å²) in [6, 6.07) is 8.95. The van der Waals surface area contributed by atoms with Gasteiger partial charge in [-0.05, 0) is 88.5 Å². The van der Waals surface area contributed by atoms with Crippen molar-refractivity contribution in [1.82, 2.24) is 4.72 Å². The number of rotatable bonds is 8. The van der Waals surface area contributed by atoms with Gasteiger partial charge in [0.25, 0.3) is 0 Å². The SMILES string of the molecule is CCC(C)S(=O)(=O)NC1CCC(CNc2ccc(N3CCCCC3)cc2)CC1. The molecule has 5 nitrogen and oxygen atoms in total. The van der Waals surface area contributed by atoms with Crippen molar-refractivity contribution >= 4 is 21.4 Å². The Morgan fingerprint density at radius 3 is 2.29 bits per heavy atom. The standard InChI is InChI=1S/C22H37N3O2S/c1-3-18(2)28(26,27)24-21-9-7-19(8-10-21)17-23-20-11-13-22(14-12-20)25-15-5-4-6-16-25/h11-14,18-19,21,23-24H,3-10,15-17H2,1-2H3. The molecule has 1 heterocycles. The van der Waals surface area contributed by atoms with Gasteiger partial charge in [-0.3, -0.25) is 0 Å². The number of anilines is 2. The van der Waals surface area contributed by atoms with Crippen LogP contribution in [0.5, 0.6) is 0 Å². The Balaban J connectivity index is 1.40. The van der Waals surface area contributed by atoms with Crippen molar-refractivity contribution < 1.29 is 8.42 Å². The molecular formula is C22H37N3O2S. The molecule has 0 bridgehead atoms. The molecule has 1 aliphatic carbocycles. The first-order valence-corrected chi connectivity index (χ1v) is 12.6.